The van der Waals surface area contributed by atoms with Crippen LogP contribution in [-0.4, -0.2) is 66.9 Å². The fourth-order valence-electron chi connectivity index (χ4n) is 3.00. The monoisotopic (exact) mass is 346 g/mol. The summed E-state index contributed by atoms with van der Waals surface area (Å²) in [5.74, 6) is 0.178. The number of rotatable bonds is 9. The first kappa shape index (κ1) is 19.4. The van der Waals surface area contributed by atoms with E-state index >= 15 is 0 Å². The van der Waals surface area contributed by atoms with Crippen LogP contribution in [0.5, 0.6) is 0 Å². The van der Waals surface area contributed by atoms with E-state index < -0.39 is 0 Å². The Morgan fingerprint density at radius 3 is 2.92 bits per heavy atom. The fraction of sp³-hybridized carbons (Fsp3) is 0.632. The van der Waals surface area contributed by atoms with Crippen molar-refractivity contribution >= 4 is 11.8 Å². The molecule has 0 aromatic carbocycles. The largest absolute Gasteiger partial charge is 0.356 e. The summed E-state index contributed by atoms with van der Waals surface area (Å²) in [7, 11) is 3.98. The highest BCUT2D eigenvalue weighted by Gasteiger charge is 2.29. The van der Waals surface area contributed by atoms with Crippen molar-refractivity contribution in [3.63, 3.8) is 0 Å². The number of likely N-dealkylation sites (N-methyl/N-ethyl adjacent to an activating group) is 1. The molecule has 2 heterocycles. The van der Waals surface area contributed by atoms with Crippen molar-refractivity contribution in [3.8, 4) is 0 Å². The molecule has 0 radical (unpaired) electrons. The van der Waals surface area contributed by atoms with Gasteiger partial charge in [-0.3, -0.25) is 14.6 Å². The van der Waals surface area contributed by atoms with Crippen molar-refractivity contribution in [1.29, 1.82) is 0 Å². The summed E-state index contributed by atoms with van der Waals surface area (Å²) in [6.45, 7) is 2.76. The quantitative estimate of drug-likeness (QED) is 0.685. The molecule has 138 valence electrons. The van der Waals surface area contributed by atoms with Crippen LogP contribution in [0.4, 0.5) is 0 Å². The topological polar surface area (TPSA) is 65.5 Å². The summed E-state index contributed by atoms with van der Waals surface area (Å²) in [5, 5.41) is 3.03. The lowest BCUT2D eigenvalue weighted by Crippen LogP contribution is -2.47. The highest BCUT2D eigenvalue weighted by molar-refractivity contribution is 5.83. The van der Waals surface area contributed by atoms with Gasteiger partial charge >= 0.3 is 0 Å². The van der Waals surface area contributed by atoms with Gasteiger partial charge in [0.05, 0.1) is 5.92 Å². The number of piperidine rings is 1. The number of unbranched alkanes of at least 4 members (excludes halogenated alkanes) is 1. The molecule has 1 aliphatic heterocycles. The predicted octanol–water partition coefficient (Wildman–Crippen LogP) is 1.32. The Labute approximate surface area is 150 Å². The molecular formula is C19H30N4O2. The molecule has 25 heavy (non-hydrogen) atoms. The molecule has 2 amide bonds. The first-order chi connectivity index (χ1) is 12.1. The molecule has 0 unspecified atom stereocenters. The number of amides is 2. The summed E-state index contributed by atoms with van der Waals surface area (Å²) < 4.78 is 0. The number of hydrogen-bond donors (Lipinski definition) is 1. The van der Waals surface area contributed by atoms with E-state index in [0.717, 1.165) is 31.5 Å². The van der Waals surface area contributed by atoms with Crippen LogP contribution in [0.2, 0.25) is 0 Å². The zero-order valence-electron chi connectivity index (χ0n) is 15.4. The molecule has 6 heteroatoms. The second-order valence-corrected chi connectivity index (χ2v) is 6.95. The molecule has 1 aromatic rings. The van der Waals surface area contributed by atoms with E-state index in [1.54, 1.807) is 0 Å². The molecule has 6 nitrogen and oxygen atoms in total. The third-order valence-corrected chi connectivity index (χ3v) is 4.57. The first-order valence-electron chi connectivity index (χ1n) is 9.16. The Bertz CT molecular complexity index is 548. The molecule has 1 aliphatic rings. The lowest BCUT2D eigenvalue weighted by molar-refractivity contribution is -0.138. The van der Waals surface area contributed by atoms with Crippen LogP contribution >= 0.6 is 0 Å². The highest BCUT2D eigenvalue weighted by Crippen LogP contribution is 2.17. The summed E-state index contributed by atoms with van der Waals surface area (Å²) in [6.07, 6.45) is 5.84. The van der Waals surface area contributed by atoms with Gasteiger partial charge in [-0.1, -0.05) is 6.07 Å². The maximum atomic E-state index is 12.3. The van der Waals surface area contributed by atoms with E-state index in [9.17, 15) is 9.59 Å². The minimum atomic E-state index is -0.0735. The van der Waals surface area contributed by atoms with E-state index in [-0.39, 0.29) is 17.7 Å². The maximum Gasteiger partial charge on any atom is 0.224 e. The second kappa shape index (κ2) is 10.1. The van der Waals surface area contributed by atoms with E-state index in [4.69, 9.17) is 0 Å². The Balaban J connectivity index is 1.65. The number of nitrogens with zero attached hydrogens (tertiary/aromatic N) is 3. The van der Waals surface area contributed by atoms with Crippen LogP contribution in [-0.2, 0) is 16.0 Å². The zero-order valence-corrected chi connectivity index (χ0v) is 15.4. The summed E-state index contributed by atoms with van der Waals surface area (Å²) in [6, 6.07) is 5.94. The number of aryl methyl sites for hydroxylation is 1. The molecule has 0 spiro atoms. The Hall–Kier alpha value is -1.95. The minimum Gasteiger partial charge on any atom is -0.356 e. The van der Waals surface area contributed by atoms with Gasteiger partial charge in [-0.05, 0) is 51.9 Å². The molecule has 1 aromatic heterocycles. The van der Waals surface area contributed by atoms with E-state index in [2.05, 4.69) is 15.2 Å². The van der Waals surface area contributed by atoms with Crippen molar-refractivity contribution < 1.29 is 9.59 Å². The van der Waals surface area contributed by atoms with E-state index in [1.807, 2.05) is 43.4 Å². The van der Waals surface area contributed by atoms with Gasteiger partial charge in [0.2, 0.25) is 11.8 Å². The zero-order chi connectivity index (χ0) is 18.1. The summed E-state index contributed by atoms with van der Waals surface area (Å²) in [5.41, 5.74) is 1.09. The minimum absolute atomic E-state index is 0.0735. The summed E-state index contributed by atoms with van der Waals surface area (Å²) >= 11 is 0. The average molecular weight is 346 g/mol. The molecule has 0 aliphatic carbocycles. The number of nitrogens with one attached hydrogen (secondary N) is 1. The summed E-state index contributed by atoms with van der Waals surface area (Å²) in [4.78, 5) is 32.5. The molecule has 1 fully saturated rings. The third kappa shape index (κ3) is 6.82. The molecule has 1 atom stereocenters. The number of pyridine rings is 1. The van der Waals surface area contributed by atoms with Crippen LogP contribution in [0, 0.1) is 5.92 Å². The molecule has 1 N–H and O–H groups in total. The first-order valence-corrected chi connectivity index (χ1v) is 9.16. The van der Waals surface area contributed by atoms with Crippen LogP contribution < -0.4 is 5.32 Å². The highest BCUT2D eigenvalue weighted by atomic mass is 16.2. The van der Waals surface area contributed by atoms with Gasteiger partial charge in [0, 0.05) is 44.5 Å². The standard InChI is InChI=1S/C19H30N4O2/c1-22(2)13-14-23-15-16(9-10-18(23)24)19(25)21-12-6-4-8-17-7-3-5-11-20-17/h3,5,7,11,16H,4,6,8-10,12-15H2,1-2H3,(H,21,25)/t16-/m0/s1. The third-order valence-electron chi connectivity index (χ3n) is 4.57. The Kier molecular flexibility index (Phi) is 7.85. The second-order valence-electron chi connectivity index (χ2n) is 6.95. The number of aromatic nitrogens is 1. The van der Waals surface area contributed by atoms with Gasteiger partial charge < -0.3 is 15.1 Å². The molecule has 1 saturated heterocycles. The van der Waals surface area contributed by atoms with Crippen LogP contribution in [0.3, 0.4) is 0 Å². The Morgan fingerprint density at radius 1 is 1.36 bits per heavy atom. The maximum absolute atomic E-state index is 12.3. The number of hydrogen-bond acceptors (Lipinski definition) is 4. The van der Waals surface area contributed by atoms with Gasteiger partial charge in [0.15, 0.2) is 0 Å². The van der Waals surface area contributed by atoms with E-state index in [1.165, 1.54) is 0 Å². The van der Waals surface area contributed by atoms with Gasteiger partial charge in [-0.15, -0.1) is 0 Å². The SMILES string of the molecule is CN(C)CCN1C[C@@H](C(=O)NCCCCc2ccccn2)CCC1=O. The molecule has 0 saturated carbocycles. The van der Waals surface area contributed by atoms with Crippen LogP contribution in [0.15, 0.2) is 24.4 Å². The van der Waals surface area contributed by atoms with Crippen molar-refractivity contribution in [3.05, 3.63) is 30.1 Å². The van der Waals surface area contributed by atoms with Crippen LogP contribution in [0.1, 0.15) is 31.4 Å². The van der Waals surface area contributed by atoms with Gasteiger partial charge in [-0.2, -0.15) is 0 Å². The molecule has 0 bridgehead atoms. The van der Waals surface area contributed by atoms with Crippen molar-refractivity contribution in [2.75, 3.05) is 40.3 Å². The smallest absolute Gasteiger partial charge is 0.224 e. The normalized spacial score (nSPS) is 17.8. The van der Waals surface area contributed by atoms with Gasteiger partial charge in [0.1, 0.15) is 0 Å². The van der Waals surface area contributed by atoms with Crippen LogP contribution in [0.25, 0.3) is 0 Å². The van der Waals surface area contributed by atoms with Crippen molar-refractivity contribution in [1.82, 2.24) is 20.1 Å². The van der Waals surface area contributed by atoms with Crippen molar-refractivity contribution in [2.24, 2.45) is 5.92 Å². The van der Waals surface area contributed by atoms with Crippen molar-refractivity contribution in [2.45, 2.75) is 32.1 Å². The number of carbonyl (C=O) groups excluding carboxylic acids is 2. The lowest BCUT2D eigenvalue weighted by Gasteiger charge is -2.32. The molecular weight excluding hydrogens is 316 g/mol. The Morgan fingerprint density at radius 2 is 2.20 bits per heavy atom. The number of carbonyl (C=O) groups is 2. The van der Waals surface area contributed by atoms with Gasteiger partial charge in [0.25, 0.3) is 0 Å². The predicted molar refractivity (Wildman–Crippen MR) is 98.0 cm³/mol. The molecule has 2 rings (SSSR count). The van der Waals surface area contributed by atoms with E-state index in [0.29, 0.717) is 32.5 Å². The van der Waals surface area contributed by atoms with Gasteiger partial charge in [-0.25, -0.2) is 0 Å². The average Bonchev–Trinajstić information content (AvgIpc) is 2.61. The lowest BCUT2D eigenvalue weighted by atomic mass is 9.96. The number of likely N-dealkylation sites (tertiary alicyclic amines) is 1. The fourth-order valence-corrected chi connectivity index (χ4v) is 3.00.